The normalized spacial score (nSPS) is 10.1. The van der Waals surface area contributed by atoms with Gasteiger partial charge in [-0.2, -0.15) is 0 Å². The molecule has 0 bridgehead atoms. The average molecular weight is 338 g/mol. The van der Waals surface area contributed by atoms with Crippen LogP contribution in [0.1, 0.15) is 5.56 Å². The topological polar surface area (TPSA) is 97.5 Å². The number of aromatic nitrogens is 1. The van der Waals surface area contributed by atoms with Crippen LogP contribution in [0.5, 0.6) is 11.5 Å². The van der Waals surface area contributed by atoms with Crippen molar-refractivity contribution in [3.05, 3.63) is 46.7 Å². The molecule has 1 heterocycles. The number of benzene rings is 1. The Kier molecular flexibility index (Phi) is 4.41. The van der Waals surface area contributed by atoms with Gasteiger partial charge in [-0.1, -0.05) is 0 Å². The Balaban J connectivity index is 2.16. The SMILES string of the molecule is Nc1ccc(Oc2cncc(Br)c2)cc1CNC(=O)O. The number of rotatable bonds is 4. The number of halogens is 1. The number of nitrogens with two attached hydrogens (primary N) is 1. The fourth-order valence-corrected chi connectivity index (χ4v) is 1.90. The minimum absolute atomic E-state index is 0.120. The number of hydrogen-bond donors (Lipinski definition) is 3. The summed E-state index contributed by atoms with van der Waals surface area (Å²) in [6.07, 6.45) is 2.13. The van der Waals surface area contributed by atoms with Gasteiger partial charge in [0.25, 0.3) is 0 Å². The fourth-order valence-electron chi connectivity index (χ4n) is 1.55. The highest BCUT2D eigenvalue weighted by atomic mass is 79.9. The van der Waals surface area contributed by atoms with Crippen molar-refractivity contribution in [2.75, 3.05) is 5.73 Å². The summed E-state index contributed by atoms with van der Waals surface area (Å²) in [5.41, 5.74) is 6.93. The minimum atomic E-state index is -1.10. The van der Waals surface area contributed by atoms with E-state index in [1.54, 1.807) is 36.7 Å². The van der Waals surface area contributed by atoms with E-state index in [4.69, 9.17) is 15.6 Å². The highest BCUT2D eigenvalue weighted by molar-refractivity contribution is 9.10. The van der Waals surface area contributed by atoms with Gasteiger partial charge in [0, 0.05) is 22.9 Å². The predicted octanol–water partition coefficient (Wildman–Crippen LogP) is 2.99. The van der Waals surface area contributed by atoms with E-state index < -0.39 is 6.09 Å². The van der Waals surface area contributed by atoms with Gasteiger partial charge in [-0.25, -0.2) is 4.79 Å². The van der Waals surface area contributed by atoms with Crippen LogP contribution in [0.15, 0.2) is 41.1 Å². The zero-order chi connectivity index (χ0) is 14.5. The summed E-state index contributed by atoms with van der Waals surface area (Å²) in [5.74, 6) is 1.13. The van der Waals surface area contributed by atoms with Crippen LogP contribution in [0.2, 0.25) is 0 Å². The first-order valence-electron chi connectivity index (χ1n) is 5.68. The third-order valence-corrected chi connectivity index (χ3v) is 2.89. The first kappa shape index (κ1) is 14.1. The molecule has 20 heavy (non-hydrogen) atoms. The Morgan fingerprint density at radius 1 is 1.35 bits per heavy atom. The maximum atomic E-state index is 10.5. The second-order valence-corrected chi connectivity index (χ2v) is 4.88. The zero-order valence-electron chi connectivity index (χ0n) is 10.3. The van der Waals surface area contributed by atoms with E-state index in [9.17, 15) is 4.79 Å². The largest absolute Gasteiger partial charge is 0.465 e. The molecule has 1 aromatic heterocycles. The quantitative estimate of drug-likeness (QED) is 0.745. The van der Waals surface area contributed by atoms with Gasteiger partial charge < -0.3 is 20.9 Å². The van der Waals surface area contributed by atoms with Crippen molar-refractivity contribution in [2.45, 2.75) is 6.54 Å². The lowest BCUT2D eigenvalue weighted by atomic mass is 10.1. The number of ether oxygens (including phenoxy) is 1. The van der Waals surface area contributed by atoms with Crippen molar-refractivity contribution in [1.29, 1.82) is 0 Å². The fraction of sp³-hybridized carbons (Fsp3) is 0.0769. The van der Waals surface area contributed by atoms with Crippen molar-refractivity contribution in [3.8, 4) is 11.5 Å². The Bertz CT molecular complexity index is 634. The standard InChI is InChI=1S/C13H12BrN3O3/c14-9-4-11(7-16-6-9)20-10-1-2-12(15)8(3-10)5-17-13(18)19/h1-4,6-7,17H,5,15H2,(H,18,19). The van der Waals surface area contributed by atoms with Crippen LogP contribution >= 0.6 is 15.9 Å². The molecule has 0 aliphatic rings. The Hall–Kier alpha value is -2.28. The van der Waals surface area contributed by atoms with E-state index in [0.717, 1.165) is 4.47 Å². The molecular weight excluding hydrogens is 326 g/mol. The lowest BCUT2D eigenvalue weighted by Gasteiger charge is -2.10. The summed E-state index contributed by atoms with van der Waals surface area (Å²) >= 11 is 3.30. The van der Waals surface area contributed by atoms with E-state index in [0.29, 0.717) is 22.7 Å². The monoisotopic (exact) mass is 337 g/mol. The third-order valence-electron chi connectivity index (χ3n) is 2.46. The zero-order valence-corrected chi connectivity index (χ0v) is 11.9. The Labute approximate surface area is 123 Å². The average Bonchev–Trinajstić information content (AvgIpc) is 2.39. The van der Waals surface area contributed by atoms with E-state index in [2.05, 4.69) is 26.2 Å². The van der Waals surface area contributed by atoms with Crippen LogP contribution in [0.4, 0.5) is 10.5 Å². The number of hydrogen-bond acceptors (Lipinski definition) is 4. The van der Waals surface area contributed by atoms with E-state index in [1.807, 2.05) is 0 Å². The lowest BCUT2D eigenvalue weighted by Crippen LogP contribution is -2.20. The molecule has 0 aliphatic heterocycles. The van der Waals surface area contributed by atoms with Gasteiger partial charge in [0.2, 0.25) is 0 Å². The molecule has 0 saturated carbocycles. The third kappa shape index (κ3) is 3.86. The molecule has 0 saturated heterocycles. The molecule has 0 fully saturated rings. The van der Waals surface area contributed by atoms with Gasteiger partial charge in [0.1, 0.15) is 11.5 Å². The molecule has 0 unspecified atom stereocenters. The van der Waals surface area contributed by atoms with Gasteiger partial charge in [0.05, 0.1) is 6.20 Å². The number of nitrogens with zero attached hydrogens (tertiary/aromatic N) is 1. The minimum Gasteiger partial charge on any atom is -0.465 e. The number of pyridine rings is 1. The summed E-state index contributed by atoms with van der Waals surface area (Å²) in [7, 11) is 0. The molecule has 0 radical (unpaired) electrons. The highest BCUT2D eigenvalue weighted by Gasteiger charge is 2.05. The van der Waals surface area contributed by atoms with Gasteiger partial charge in [-0.15, -0.1) is 0 Å². The van der Waals surface area contributed by atoms with Gasteiger partial charge in [-0.3, -0.25) is 4.98 Å². The van der Waals surface area contributed by atoms with Crippen LogP contribution in [-0.4, -0.2) is 16.2 Å². The molecule has 7 heteroatoms. The highest BCUT2D eigenvalue weighted by Crippen LogP contribution is 2.26. The number of carbonyl (C=O) groups is 1. The van der Waals surface area contributed by atoms with Crippen LogP contribution in [-0.2, 0) is 6.54 Å². The second-order valence-electron chi connectivity index (χ2n) is 3.96. The summed E-state index contributed by atoms with van der Waals surface area (Å²) in [6, 6.07) is 6.84. The molecule has 2 rings (SSSR count). The lowest BCUT2D eigenvalue weighted by molar-refractivity contribution is 0.194. The van der Waals surface area contributed by atoms with Crippen LogP contribution in [0.25, 0.3) is 0 Å². The molecule has 0 atom stereocenters. The maximum absolute atomic E-state index is 10.5. The number of anilines is 1. The van der Waals surface area contributed by atoms with Crippen molar-refractivity contribution in [1.82, 2.24) is 10.3 Å². The Morgan fingerprint density at radius 3 is 2.85 bits per heavy atom. The van der Waals surface area contributed by atoms with Crippen molar-refractivity contribution < 1.29 is 14.6 Å². The molecule has 1 amide bonds. The van der Waals surface area contributed by atoms with Crippen LogP contribution < -0.4 is 15.8 Å². The summed E-state index contributed by atoms with van der Waals surface area (Å²) in [4.78, 5) is 14.5. The molecule has 104 valence electrons. The number of nitrogen functional groups attached to an aromatic ring is 1. The van der Waals surface area contributed by atoms with Crippen LogP contribution in [0, 0.1) is 0 Å². The van der Waals surface area contributed by atoms with Gasteiger partial charge in [-0.05, 0) is 45.8 Å². The summed E-state index contributed by atoms with van der Waals surface area (Å²) in [6.45, 7) is 0.120. The molecule has 0 aliphatic carbocycles. The number of amides is 1. The Morgan fingerprint density at radius 2 is 2.15 bits per heavy atom. The first-order chi connectivity index (χ1) is 9.54. The van der Waals surface area contributed by atoms with Crippen LogP contribution in [0.3, 0.4) is 0 Å². The molecule has 6 nitrogen and oxygen atoms in total. The first-order valence-corrected chi connectivity index (χ1v) is 6.47. The maximum Gasteiger partial charge on any atom is 0.404 e. The van der Waals surface area contributed by atoms with E-state index in [-0.39, 0.29) is 6.54 Å². The van der Waals surface area contributed by atoms with Crippen molar-refractivity contribution >= 4 is 27.7 Å². The van der Waals surface area contributed by atoms with E-state index in [1.165, 1.54) is 0 Å². The van der Waals surface area contributed by atoms with Crippen molar-refractivity contribution in [2.24, 2.45) is 0 Å². The van der Waals surface area contributed by atoms with Crippen molar-refractivity contribution in [3.63, 3.8) is 0 Å². The number of carboxylic acid groups (broad SMARTS) is 1. The number of nitrogens with one attached hydrogen (secondary N) is 1. The molecular formula is C13H12BrN3O3. The van der Waals surface area contributed by atoms with E-state index >= 15 is 0 Å². The summed E-state index contributed by atoms with van der Waals surface area (Å²) < 4.78 is 6.44. The molecule has 4 N–H and O–H groups in total. The summed E-state index contributed by atoms with van der Waals surface area (Å²) in [5, 5.41) is 10.9. The predicted molar refractivity (Wildman–Crippen MR) is 77.7 cm³/mol. The van der Waals surface area contributed by atoms with Gasteiger partial charge >= 0.3 is 6.09 Å². The molecule has 2 aromatic rings. The van der Waals surface area contributed by atoms with Gasteiger partial charge in [0.15, 0.2) is 0 Å². The smallest absolute Gasteiger partial charge is 0.404 e. The molecule has 0 spiro atoms. The second kappa shape index (κ2) is 6.25. The molecule has 1 aromatic carbocycles.